The number of pyridine rings is 1. The number of nitrogens with one attached hydrogen (secondary N) is 2. The number of carbonyl (C=O) groups is 3. The Morgan fingerprint density at radius 3 is 2.49 bits per heavy atom. The van der Waals surface area contributed by atoms with Crippen LogP contribution < -0.4 is 10.6 Å². The van der Waals surface area contributed by atoms with Gasteiger partial charge in [-0.25, -0.2) is 4.98 Å². The maximum atomic E-state index is 13.2. The van der Waals surface area contributed by atoms with E-state index in [4.69, 9.17) is 4.98 Å². The summed E-state index contributed by atoms with van der Waals surface area (Å²) in [6.45, 7) is 3.09. The standard InChI is InChI=1S/C26H28N6O3/c1-17-2-7-21(25(34)29-19-3-5-20(6-4-19)32-15-12-27-16-32)24(28-17)18-10-13-31(14-11-18)26(35)22-8-9-23(33)30-22/h2-7,12,15-16,18,22H,8-11,13-14H2,1H3,(H,29,34)(H,30,33). The lowest BCUT2D eigenvalue weighted by Gasteiger charge is -2.33. The first-order chi connectivity index (χ1) is 17.0. The summed E-state index contributed by atoms with van der Waals surface area (Å²) in [6.07, 6.45) is 7.72. The summed E-state index contributed by atoms with van der Waals surface area (Å²) in [5.41, 5.74) is 3.84. The number of nitrogens with zero attached hydrogens (tertiary/aromatic N) is 4. The van der Waals surface area contributed by atoms with Gasteiger partial charge in [-0.3, -0.25) is 19.4 Å². The first-order valence-corrected chi connectivity index (χ1v) is 11.9. The van der Waals surface area contributed by atoms with Gasteiger partial charge in [-0.05, 0) is 62.6 Å². The molecule has 2 N–H and O–H groups in total. The lowest BCUT2D eigenvalue weighted by atomic mass is 9.89. The second-order valence-electron chi connectivity index (χ2n) is 9.11. The molecule has 1 atom stereocenters. The van der Waals surface area contributed by atoms with Gasteiger partial charge in [-0.1, -0.05) is 0 Å². The van der Waals surface area contributed by atoms with Crippen molar-refractivity contribution >= 4 is 23.4 Å². The fourth-order valence-corrected chi connectivity index (χ4v) is 4.80. The van der Waals surface area contributed by atoms with Crippen molar-refractivity contribution in [3.63, 3.8) is 0 Å². The van der Waals surface area contributed by atoms with E-state index < -0.39 is 6.04 Å². The molecule has 9 nitrogen and oxygen atoms in total. The minimum atomic E-state index is -0.405. The molecule has 3 amide bonds. The third kappa shape index (κ3) is 4.94. The Labute approximate surface area is 203 Å². The van der Waals surface area contributed by atoms with Crippen molar-refractivity contribution in [3.8, 4) is 5.69 Å². The maximum Gasteiger partial charge on any atom is 0.257 e. The number of aromatic nitrogens is 3. The predicted molar refractivity (Wildman–Crippen MR) is 130 cm³/mol. The van der Waals surface area contributed by atoms with Gasteiger partial charge in [0.2, 0.25) is 11.8 Å². The quantitative estimate of drug-likeness (QED) is 0.594. The van der Waals surface area contributed by atoms with Crippen LogP contribution in [-0.2, 0) is 9.59 Å². The van der Waals surface area contributed by atoms with Gasteiger partial charge in [0.05, 0.1) is 17.6 Å². The van der Waals surface area contributed by atoms with Crippen LogP contribution in [0.5, 0.6) is 0 Å². The van der Waals surface area contributed by atoms with Gasteiger partial charge in [0.1, 0.15) is 6.04 Å². The van der Waals surface area contributed by atoms with Crippen molar-refractivity contribution in [2.75, 3.05) is 18.4 Å². The Morgan fingerprint density at radius 2 is 1.83 bits per heavy atom. The Balaban J connectivity index is 1.26. The van der Waals surface area contributed by atoms with Crippen molar-refractivity contribution < 1.29 is 14.4 Å². The molecule has 5 rings (SSSR count). The van der Waals surface area contributed by atoms with E-state index in [2.05, 4.69) is 15.6 Å². The maximum absolute atomic E-state index is 13.2. The van der Waals surface area contributed by atoms with Crippen molar-refractivity contribution in [1.29, 1.82) is 0 Å². The Kier molecular flexibility index (Phi) is 6.31. The third-order valence-corrected chi connectivity index (χ3v) is 6.72. The van der Waals surface area contributed by atoms with Crippen molar-refractivity contribution in [2.45, 2.75) is 44.6 Å². The summed E-state index contributed by atoms with van der Waals surface area (Å²) >= 11 is 0. The van der Waals surface area contributed by atoms with Gasteiger partial charge < -0.3 is 20.1 Å². The molecule has 2 saturated heterocycles. The molecule has 2 aliphatic heterocycles. The third-order valence-electron chi connectivity index (χ3n) is 6.72. The summed E-state index contributed by atoms with van der Waals surface area (Å²) in [4.78, 5) is 48.0. The number of anilines is 1. The number of carbonyl (C=O) groups excluding carboxylic acids is 3. The van der Waals surface area contributed by atoms with Gasteiger partial charge in [0, 0.05) is 54.9 Å². The lowest BCUT2D eigenvalue weighted by molar-refractivity contribution is -0.135. The average Bonchev–Trinajstić information content (AvgIpc) is 3.56. The fraction of sp³-hybridized carbons (Fsp3) is 0.346. The van der Waals surface area contributed by atoms with E-state index in [-0.39, 0.29) is 23.6 Å². The number of piperidine rings is 1. The van der Waals surface area contributed by atoms with Crippen LogP contribution in [0.15, 0.2) is 55.1 Å². The number of imidazole rings is 1. The molecule has 2 fully saturated rings. The van der Waals surface area contributed by atoms with Crippen LogP contribution in [0.2, 0.25) is 0 Å². The average molecular weight is 473 g/mol. The van der Waals surface area contributed by atoms with Gasteiger partial charge in [0.15, 0.2) is 0 Å². The minimum absolute atomic E-state index is 0.0105. The molecule has 3 aromatic rings. The molecular weight excluding hydrogens is 444 g/mol. The SMILES string of the molecule is Cc1ccc(C(=O)Nc2ccc(-n3ccnc3)cc2)c(C2CCN(C(=O)C3CCC(=O)N3)CC2)n1. The summed E-state index contributed by atoms with van der Waals surface area (Å²) in [6, 6.07) is 10.8. The van der Waals surface area contributed by atoms with Gasteiger partial charge in [-0.15, -0.1) is 0 Å². The molecule has 0 spiro atoms. The van der Waals surface area contributed by atoms with Crippen molar-refractivity contribution in [3.05, 3.63) is 72.1 Å². The fourth-order valence-electron chi connectivity index (χ4n) is 4.80. The number of likely N-dealkylation sites (tertiary alicyclic amines) is 1. The number of hydrogen-bond donors (Lipinski definition) is 2. The molecule has 4 heterocycles. The van der Waals surface area contributed by atoms with Gasteiger partial charge in [0.25, 0.3) is 5.91 Å². The minimum Gasteiger partial charge on any atom is -0.344 e. The largest absolute Gasteiger partial charge is 0.344 e. The van der Waals surface area contributed by atoms with Gasteiger partial charge >= 0.3 is 0 Å². The highest BCUT2D eigenvalue weighted by Crippen LogP contribution is 2.30. The molecule has 9 heteroatoms. The van der Waals surface area contributed by atoms with E-state index in [0.717, 1.165) is 29.9 Å². The highest BCUT2D eigenvalue weighted by molar-refractivity contribution is 6.05. The molecular formula is C26H28N6O3. The van der Waals surface area contributed by atoms with Crippen LogP contribution in [0.1, 0.15) is 53.3 Å². The molecule has 0 aliphatic carbocycles. The number of aryl methyl sites for hydroxylation is 1. The topological polar surface area (TPSA) is 109 Å². The number of hydrogen-bond acceptors (Lipinski definition) is 5. The first-order valence-electron chi connectivity index (χ1n) is 11.9. The number of rotatable bonds is 5. The molecule has 2 aromatic heterocycles. The van der Waals surface area contributed by atoms with Crippen LogP contribution >= 0.6 is 0 Å². The molecule has 0 radical (unpaired) electrons. The lowest BCUT2D eigenvalue weighted by Crippen LogP contribution is -2.47. The highest BCUT2D eigenvalue weighted by atomic mass is 16.2. The second-order valence-corrected chi connectivity index (χ2v) is 9.11. The van der Waals surface area contributed by atoms with Crippen LogP contribution in [0.25, 0.3) is 5.69 Å². The summed E-state index contributed by atoms with van der Waals surface area (Å²) in [5.74, 6) is -0.186. The number of benzene rings is 1. The van der Waals surface area contributed by atoms with E-state index in [1.54, 1.807) is 12.5 Å². The smallest absolute Gasteiger partial charge is 0.257 e. The Hall–Kier alpha value is -4.01. The van der Waals surface area contributed by atoms with E-state index in [0.29, 0.717) is 37.2 Å². The molecule has 0 bridgehead atoms. The van der Waals surface area contributed by atoms with Crippen LogP contribution in [-0.4, -0.2) is 56.3 Å². The van der Waals surface area contributed by atoms with Gasteiger partial charge in [-0.2, -0.15) is 0 Å². The zero-order chi connectivity index (χ0) is 24.4. The summed E-state index contributed by atoms with van der Waals surface area (Å²) < 4.78 is 1.89. The number of amides is 3. The second kappa shape index (κ2) is 9.69. The zero-order valence-electron chi connectivity index (χ0n) is 19.6. The summed E-state index contributed by atoms with van der Waals surface area (Å²) in [5, 5.41) is 5.75. The molecule has 35 heavy (non-hydrogen) atoms. The Bertz CT molecular complexity index is 1230. The van der Waals surface area contributed by atoms with Crippen LogP contribution in [0, 0.1) is 6.92 Å². The molecule has 0 saturated carbocycles. The van der Waals surface area contributed by atoms with Crippen LogP contribution in [0.4, 0.5) is 5.69 Å². The first kappa shape index (κ1) is 22.8. The van der Waals surface area contributed by atoms with E-state index in [9.17, 15) is 14.4 Å². The Morgan fingerprint density at radius 1 is 1.06 bits per heavy atom. The molecule has 1 unspecified atom stereocenters. The molecule has 1 aromatic carbocycles. The van der Waals surface area contributed by atoms with E-state index in [1.165, 1.54) is 0 Å². The highest BCUT2D eigenvalue weighted by Gasteiger charge is 2.34. The normalized spacial score (nSPS) is 18.4. The van der Waals surface area contributed by atoms with Crippen LogP contribution in [0.3, 0.4) is 0 Å². The zero-order valence-corrected chi connectivity index (χ0v) is 19.6. The van der Waals surface area contributed by atoms with E-state index >= 15 is 0 Å². The summed E-state index contributed by atoms with van der Waals surface area (Å²) in [7, 11) is 0. The van der Waals surface area contributed by atoms with Crippen molar-refractivity contribution in [2.24, 2.45) is 0 Å². The predicted octanol–water partition coefficient (Wildman–Crippen LogP) is 2.81. The molecule has 180 valence electrons. The monoisotopic (exact) mass is 472 g/mol. The van der Waals surface area contributed by atoms with E-state index in [1.807, 2.05) is 59.0 Å². The molecule has 2 aliphatic rings. The van der Waals surface area contributed by atoms with Crippen molar-refractivity contribution in [1.82, 2.24) is 24.8 Å².